The molecule has 2 aliphatic rings. The van der Waals surface area contributed by atoms with Crippen LogP contribution in [0, 0.1) is 0 Å². The zero-order valence-corrected chi connectivity index (χ0v) is 11.2. The molecule has 1 heterocycles. The summed E-state index contributed by atoms with van der Waals surface area (Å²) >= 11 is 0. The van der Waals surface area contributed by atoms with Crippen molar-refractivity contribution in [3.8, 4) is 0 Å². The summed E-state index contributed by atoms with van der Waals surface area (Å²) in [6, 6.07) is -0.0558. The molecular formula is C14H26N2O2. The summed E-state index contributed by atoms with van der Waals surface area (Å²) in [5.74, 6) is 0.0656. The first-order chi connectivity index (χ1) is 8.70. The van der Waals surface area contributed by atoms with Crippen LogP contribution in [-0.4, -0.2) is 35.7 Å². The molecule has 0 bridgehead atoms. The van der Waals surface area contributed by atoms with Gasteiger partial charge in [-0.2, -0.15) is 0 Å². The molecule has 1 saturated heterocycles. The fourth-order valence-electron chi connectivity index (χ4n) is 3.01. The van der Waals surface area contributed by atoms with Crippen molar-refractivity contribution in [2.24, 2.45) is 0 Å². The second kappa shape index (κ2) is 6.53. The van der Waals surface area contributed by atoms with E-state index in [1.54, 1.807) is 0 Å². The highest BCUT2D eigenvalue weighted by molar-refractivity contribution is 5.81. The second-order valence-electron chi connectivity index (χ2n) is 5.86. The van der Waals surface area contributed by atoms with Crippen molar-refractivity contribution in [1.29, 1.82) is 0 Å². The molecule has 2 fully saturated rings. The molecule has 1 amide bonds. The summed E-state index contributed by atoms with van der Waals surface area (Å²) < 4.78 is 0. The van der Waals surface area contributed by atoms with Crippen LogP contribution in [-0.2, 0) is 4.79 Å². The van der Waals surface area contributed by atoms with Gasteiger partial charge >= 0.3 is 0 Å². The van der Waals surface area contributed by atoms with Crippen molar-refractivity contribution < 1.29 is 9.90 Å². The number of hydrogen-bond acceptors (Lipinski definition) is 3. The Balaban J connectivity index is 1.76. The molecular weight excluding hydrogens is 228 g/mol. The van der Waals surface area contributed by atoms with Gasteiger partial charge in [0.25, 0.3) is 0 Å². The number of carbonyl (C=O) groups excluding carboxylic acids is 1. The maximum atomic E-state index is 12.1. The third-order valence-corrected chi connectivity index (χ3v) is 4.25. The molecule has 0 aromatic rings. The van der Waals surface area contributed by atoms with Gasteiger partial charge in [-0.3, -0.25) is 4.79 Å². The smallest absolute Gasteiger partial charge is 0.237 e. The lowest BCUT2D eigenvalue weighted by Crippen LogP contribution is -2.50. The summed E-state index contributed by atoms with van der Waals surface area (Å²) in [6.07, 6.45) is 9.42. The van der Waals surface area contributed by atoms with E-state index in [0.717, 1.165) is 51.5 Å². The van der Waals surface area contributed by atoms with Crippen LogP contribution < -0.4 is 10.6 Å². The monoisotopic (exact) mass is 254 g/mol. The van der Waals surface area contributed by atoms with Crippen LogP contribution in [0.5, 0.6) is 0 Å². The molecule has 18 heavy (non-hydrogen) atoms. The minimum Gasteiger partial charge on any atom is -0.388 e. The van der Waals surface area contributed by atoms with Crippen molar-refractivity contribution in [3.05, 3.63) is 0 Å². The zero-order chi connectivity index (χ0) is 12.8. The van der Waals surface area contributed by atoms with Gasteiger partial charge in [-0.25, -0.2) is 0 Å². The number of rotatable bonds is 3. The van der Waals surface area contributed by atoms with Crippen LogP contribution in [0.3, 0.4) is 0 Å². The van der Waals surface area contributed by atoms with E-state index < -0.39 is 5.60 Å². The third kappa shape index (κ3) is 3.95. The fourth-order valence-corrected chi connectivity index (χ4v) is 3.01. The maximum Gasteiger partial charge on any atom is 0.237 e. The Morgan fingerprint density at radius 3 is 2.67 bits per heavy atom. The Bertz CT molecular complexity index is 267. The van der Waals surface area contributed by atoms with Gasteiger partial charge in [-0.15, -0.1) is 0 Å². The van der Waals surface area contributed by atoms with Crippen molar-refractivity contribution in [1.82, 2.24) is 10.6 Å². The molecule has 4 heteroatoms. The summed E-state index contributed by atoms with van der Waals surface area (Å²) in [7, 11) is 0. The van der Waals surface area contributed by atoms with Crippen molar-refractivity contribution in [3.63, 3.8) is 0 Å². The average molecular weight is 254 g/mol. The number of carbonyl (C=O) groups is 1. The van der Waals surface area contributed by atoms with Crippen LogP contribution in [0.4, 0.5) is 0 Å². The van der Waals surface area contributed by atoms with E-state index in [1.165, 1.54) is 12.8 Å². The molecule has 1 saturated carbocycles. The minimum atomic E-state index is -0.654. The molecule has 2 rings (SSSR count). The Morgan fingerprint density at radius 2 is 1.89 bits per heavy atom. The Kier molecular flexibility index (Phi) is 5.01. The minimum absolute atomic E-state index is 0.0558. The number of hydrogen-bond donors (Lipinski definition) is 3. The Hall–Kier alpha value is -0.610. The molecule has 0 aromatic heterocycles. The molecule has 0 spiro atoms. The topological polar surface area (TPSA) is 61.4 Å². The first kappa shape index (κ1) is 13.8. The highest BCUT2D eigenvalue weighted by atomic mass is 16.3. The second-order valence-corrected chi connectivity index (χ2v) is 5.86. The van der Waals surface area contributed by atoms with E-state index in [9.17, 15) is 9.90 Å². The average Bonchev–Trinajstić information content (AvgIpc) is 2.66. The van der Waals surface area contributed by atoms with Crippen LogP contribution >= 0.6 is 0 Å². The number of nitrogens with one attached hydrogen (secondary N) is 2. The van der Waals surface area contributed by atoms with Crippen LogP contribution in [0.25, 0.3) is 0 Å². The molecule has 104 valence electrons. The van der Waals surface area contributed by atoms with Gasteiger partial charge in [-0.05, 0) is 32.2 Å². The van der Waals surface area contributed by atoms with Crippen molar-refractivity contribution in [2.75, 3.05) is 13.1 Å². The molecule has 0 aromatic carbocycles. The van der Waals surface area contributed by atoms with Gasteiger partial charge in [0.05, 0.1) is 11.6 Å². The van der Waals surface area contributed by atoms with Crippen molar-refractivity contribution >= 4 is 5.91 Å². The molecule has 1 unspecified atom stereocenters. The summed E-state index contributed by atoms with van der Waals surface area (Å²) in [4.78, 5) is 12.1. The van der Waals surface area contributed by atoms with E-state index in [0.29, 0.717) is 6.54 Å². The van der Waals surface area contributed by atoms with Gasteiger partial charge in [0.2, 0.25) is 5.91 Å². The molecule has 0 radical (unpaired) electrons. The van der Waals surface area contributed by atoms with E-state index in [1.807, 2.05) is 0 Å². The van der Waals surface area contributed by atoms with E-state index in [4.69, 9.17) is 0 Å². The predicted octanol–water partition coefficient (Wildman–Crippen LogP) is 1.33. The molecule has 3 N–H and O–H groups in total. The lowest BCUT2D eigenvalue weighted by molar-refractivity contribution is -0.124. The lowest BCUT2D eigenvalue weighted by Gasteiger charge is -2.32. The predicted molar refractivity (Wildman–Crippen MR) is 71.3 cm³/mol. The Morgan fingerprint density at radius 1 is 1.17 bits per heavy atom. The van der Waals surface area contributed by atoms with Crippen LogP contribution in [0.2, 0.25) is 0 Å². The zero-order valence-electron chi connectivity index (χ0n) is 11.2. The van der Waals surface area contributed by atoms with E-state index >= 15 is 0 Å². The van der Waals surface area contributed by atoms with Gasteiger partial charge in [0.15, 0.2) is 0 Å². The van der Waals surface area contributed by atoms with Crippen LogP contribution in [0.15, 0.2) is 0 Å². The maximum absolute atomic E-state index is 12.1. The SMILES string of the molecule is O=C(NCC1(O)CCCCC1)C1CCCCCN1. The number of aliphatic hydroxyl groups is 1. The quantitative estimate of drug-likeness (QED) is 0.712. The highest BCUT2D eigenvalue weighted by Crippen LogP contribution is 2.27. The first-order valence-electron chi connectivity index (χ1n) is 7.43. The molecule has 1 atom stereocenters. The summed E-state index contributed by atoms with van der Waals surface area (Å²) in [5.41, 5.74) is -0.654. The standard InChI is InChI=1S/C14H26N2O2/c17-13(12-7-3-1-6-10-15-12)16-11-14(18)8-4-2-5-9-14/h12,15,18H,1-11H2,(H,16,17). The molecule has 1 aliphatic carbocycles. The van der Waals surface area contributed by atoms with Gasteiger partial charge in [-0.1, -0.05) is 32.1 Å². The summed E-state index contributed by atoms with van der Waals surface area (Å²) in [6.45, 7) is 1.35. The number of amides is 1. The van der Waals surface area contributed by atoms with Gasteiger partial charge < -0.3 is 15.7 Å². The lowest BCUT2D eigenvalue weighted by atomic mass is 9.85. The normalized spacial score (nSPS) is 28.4. The summed E-state index contributed by atoms with van der Waals surface area (Å²) in [5, 5.41) is 16.6. The fraction of sp³-hybridized carbons (Fsp3) is 0.929. The Labute approximate surface area is 110 Å². The van der Waals surface area contributed by atoms with Crippen molar-refractivity contribution in [2.45, 2.75) is 69.4 Å². The van der Waals surface area contributed by atoms with Gasteiger partial charge in [0.1, 0.15) is 0 Å². The third-order valence-electron chi connectivity index (χ3n) is 4.25. The molecule has 4 nitrogen and oxygen atoms in total. The van der Waals surface area contributed by atoms with E-state index in [2.05, 4.69) is 10.6 Å². The largest absolute Gasteiger partial charge is 0.388 e. The van der Waals surface area contributed by atoms with Gasteiger partial charge in [0, 0.05) is 6.54 Å². The van der Waals surface area contributed by atoms with E-state index in [-0.39, 0.29) is 11.9 Å². The highest BCUT2D eigenvalue weighted by Gasteiger charge is 2.30. The first-order valence-corrected chi connectivity index (χ1v) is 7.43. The molecule has 1 aliphatic heterocycles. The van der Waals surface area contributed by atoms with Crippen LogP contribution in [0.1, 0.15) is 57.8 Å².